The number of amides is 1. The molecule has 0 spiro atoms. The molecule has 0 saturated heterocycles. The summed E-state index contributed by atoms with van der Waals surface area (Å²) < 4.78 is 73.3. The van der Waals surface area contributed by atoms with Crippen molar-refractivity contribution in [2.24, 2.45) is 5.73 Å². The summed E-state index contributed by atoms with van der Waals surface area (Å²) in [4.78, 5) is 17.0. The summed E-state index contributed by atoms with van der Waals surface area (Å²) >= 11 is 0. The number of aromatic nitrogens is 1. The van der Waals surface area contributed by atoms with E-state index in [0.29, 0.717) is 0 Å². The van der Waals surface area contributed by atoms with Crippen LogP contribution in [0.15, 0.2) is 48.5 Å². The van der Waals surface area contributed by atoms with Gasteiger partial charge in [-0.2, -0.15) is 13.2 Å². The first kappa shape index (κ1) is 30.0. The number of hydrogen-bond acceptors (Lipinski definition) is 8. The minimum Gasteiger partial charge on any atom is -0.493 e. The Hall–Kier alpha value is -3.94. The molecule has 3 atom stereocenters. The maximum Gasteiger partial charge on any atom is 0.424 e. The topological polar surface area (TPSA) is 136 Å². The quantitative estimate of drug-likeness (QED) is 0.283. The summed E-state index contributed by atoms with van der Waals surface area (Å²) in [6.07, 6.45) is -6.06. The van der Waals surface area contributed by atoms with E-state index in [1.54, 1.807) is 6.92 Å². The van der Waals surface area contributed by atoms with Crippen LogP contribution in [-0.2, 0) is 11.1 Å². The summed E-state index contributed by atoms with van der Waals surface area (Å²) in [7, 11) is 1.31. The summed E-state index contributed by atoms with van der Waals surface area (Å²) in [5, 5.41) is 22.6. The SMILES string of the molecule is COc1cc(C(=O)NC[C@](O)(c2cc3c(c(-c4ccc(F)cc4)n2)OC[C@]3(C)N)C(F)(F)F)ccc1OC[C@@H](C)O. The number of nitrogens with two attached hydrogens (primary N) is 1. The zero-order valence-electron chi connectivity index (χ0n) is 22.4. The third-order valence-corrected chi connectivity index (χ3v) is 6.53. The number of aliphatic hydroxyl groups excluding tert-OH is 1. The molecule has 0 unspecified atom stereocenters. The van der Waals surface area contributed by atoms with Gasteiger partial charge in [0.25, 0.3) is 5.91 Å². The highest BCUT2D eigenvalue weighted by Gasteiger charge is 2.57. The van der Waals surface area contributed by atoms with Crippen molar-refractivity contribution in [2.75, 3.05) is 26.9 Å². The molecule has 1 aliphatic rings. The number of benzene rings is 2. The van der Waals surface area contributed by atoms with Crippen molar-refractivity contribution >= 4 is 5.91 Å². The van der Waals surface area contributed by atoms with Gasteiger partial charge < -0.3 is 35.5 Å². The molecule has 41 heavy (non-hydrogen) atoms. The van der Waals surface area contributed by atoms with Crippen LogP contribution >= 0.6 is 0 Å². The largest absolute Gasteiger partial charge is 0.493 e. The van der Waals surface area contributed by atoms with Crippen LogP contribution in [0, 0.1) is 5.82 Å². The number of aliphatic hydroxyl groups is 2. The second kappa shape index (κ2) is 11.1. The summed E-state index contributed by atoms with van der Waals surface area (Å²) in [6, 6.07) is 9.75. The lowest BCUT2D eigenvalue weighted by atomic mass is 9.89. The predicted octanol–water partition coefficient (Wildman–Crippen LogP) is 3.40. The van der Waals surface area contributed by atoms with Crippen molar-refractivity contribution in [1.29, 1.82) is 0 Å². The number of hydrogen-bond donors (Lipinski definition) is 4. The van der Waals surface area contributed by atoms with Crippen LogP contribution in [0.1, 0.15) is 35.5 Å². The number of rotatable bonds is 9. The summed E-state index contributed by atoms with van der Waals surface area (Å²) in [5.74, 6) is -1.08. The monoisotopic (exact) mass is 579 g/mol. The van der Waals surface area contributed by atoms with Gasteiger partial charge >= 0.3 is 6.18 Å². The van der Waals surface area contributed by atoms with E-state index in [0.717, 1.165) is 18.2 Å². The van der Waals surface area contributed by atoms with Crippen molar-refractivity contribution < 1.29 is 46.8 Å². The molecule has 2 heterocycles. The Labute approximate surface area is 232 Å². The molecule has 220 valence electrons. The number of fused-ring (bicyclic) bond motifs is 1. The Bertz CT molecular complexity index is 1430. The molecule has 1 aromatic heterocycles. The molecule has 0 radical (unpaired) electrons. The van der Waals surface area contributed by atoms with E-state index in [9.17, 15) is 32.6 Å². The molecule has 3 aromatic rings. The number of carbonyl (C=O) groups excluding carboxylic acids is 1. The minimum absolute atomic E-state index is 0.0545. The number of ether oxygens (including phenoxy) is 3. The Morgan fingerprint density at radius 3 is 2.49 bits per heavy atom. The molecule has 13 heteroatoms. The first-order valence-electron chi connectivity index (χ1n) is 12.5. The van der Waals surface area contributed by atoms with Crippen LogP contribution in [-0.4, -0.2) is 60.3 Å². The average Bonchev–Trinajstić information content (AvgIpc) is 3.23. The van der Waals surface area contributed by atoms with Gasteiger partial charge in [0, 0.05) is 16.7 Å². The van der Waals surface area contributed by atoms with E-state index in [1.165, 1.54) is 44.4 Å². The first-order chi connectivity index (χ1) is 19.2. The summed E-state index contributed by atoms with van der Waals surface area (Å²) in [6.45, 7) is 1.64. The first-order valence-corrected chi connectivity index (χ1v) is 12.5. The van der Waals surface area contributed by atoms with E-state index in [-0.39, 0.29) is 52.8 Å². The smallest absolute Gasteiger partial charge is 0.424 e. The van der Waals surface area contributed by atoms with Crippen molar-refractivity contribution in [2.45, 2.75) is 37.3 Å². The lowest BCUT2D eigenvalue weighted by Gasteiger charge is -2.31. The second-order valence-corrected chi connectivity index (χ2v) is 10.0. The van der Waals surface area contributed by atoms with E-state index in [2.05, 4.69) is 10.3 Å². The van der Waals surface area contributed by atoms with Gasteiger partial charge in [-0.3, -0.25) is 4.79 Å². The van der Waals surface area contributed by atoms with Gasteiger partial charge in [0.05, 0.1) is 31.0 Å². The number of carbonyl (C=O) groups is 1. The third kappa shape index (κ3) is 6.06. The molecule has 4 rings (SSSR count). The molecular weight excluding hydrogens is 550 g/mol. The number of nitrogens with one attached hydrogen (secondary N) is 1. The molecule has 0 fully saturated rings. The van der Waals surface area contributed by atoms with E-state index in [4.69, 9.17) is 19.9 Å². The van der Waals surface area contributed by atoms with Crippen molar-refractivity contribution in [3.8, 4) is 28.5 Å². The van der Waals surface area contributed by atoms with Crippen molar-refractivity contribution in [3.63, 3.8) is 0 Å². The number of pyridine rings is 1. The van der Waals surface area contributed by atoms with Gasteiger partial charge in [0.15, 0.2) is 17.2 Å². The normalized spacial score (nSPS) is 18.6. The van der Waals surface area contributed by atoms with E-state index < -0.39 is 47.4 Å². The van der Waals surface area contributed by atoms with Crippen LogP contribution in [0.25, 0.3) is 11.3 Å². The van der Waals surface area contributed by atoms with Gasteiger partial charge in [-0.25, -0.2) is 9.37 Å². The van der Waals surface area contributed by atoms with E-state index >= 15 is 0 Å². The zero-order valence-corrected chi connectivity index (χ0v) is 22.4. The molecule has 1 aliphatic heterocycles. The molecule has 0 saturated carbocycles. The maximum atomic E-state index is 14.5. The van der Waals surface area contributed by atoms with Crippen molar-refractivity contribution in [3.05, 3.63) is 71.2 Å². The van der Waals surface area contributed by atoms with E-state index in [1.807, 2.05) is 0 Å². The number of alkyl halides is 3. The van der Waals surface area contributed by atoms with Crippen LogP contribution in [0.2, 0.25) is 0 Å². The van der Waals surface area contributed by atoms with Crippen LogP contribution in [0.4, 0.5) is 17.6 Å². The number of nitrogens with zero attached hydrogens (tertiary/aromatic N) is 1. The molecule has 1 amide bonds. The average molecular weight is 580 g/mol. The van der Waals surface area contributed by atoms with Crippen LogP contribution in [0.5, 0.6) is 17.2 Å². The zero-order chi connectivity index (χ0) is 30.2. The Morgan fingerprint density at radius 2 is 1.88 bits per heavy atom. The van der Waals surface area contributed by atoms with Gasteiger partial charge in [-0.1, -0.05) is 0 Å². The van der Waals surface area contributed by atoms with Crippen LogP contribution in [0.3, 0.4) is 0 Å². The summed E-state index contributed by atoms with van der Waals surface area (Å²) in [5.41, 5.74) is 0.837. The molecule has 5 N–H and O–H groups in total. The molecule has 0 aliphatic carbocycles. The third-order valence-electron chi connectivity index (χ3n) is 6.53. The lowest BCUT2D eigenvalue weighted by Crippen LogP contribution is -2.51. The molecule has 2 aromatic carbocycles. The number of halogens is 4. The van der Waals surface area contributed by atoms with Crippen molar-refractivity contribution in [1.82, 2.24) is 10.3 Å². The lowest BCUT2D eigenvalue weighted by molar-refractivity contribution is -0.265. The fraction of sp³-hybridized carbons (Fsp3) is 0.357. The maximum absolute atomic E-state index is 14.5. The Balaban J connectivity index is 1.70. The predicted molar refractivity (Wildman–Crippen MR) is 139 cm³/mol. The molecular formula is C28H29F4N3O6. The fourth-order valence-electron chi connectivity index (χ4n) is 4.20. The standard InChI is InChI=1S/C28H29F4N3O6/c1-15(36)12-40-20-9-6-17(10-21(20)39-3)25(37)34-13-27(38,28(30,31)32)22-11-19-24(41-14-26(19,2)33)23(35-22)16-4-7-18(29)8-5-16/h4-11,15,36,38H,12-14,33H2,1-3H3,(H,34,37)/t15-,26+,27+/m1/s1. The van der Waals surface area contributed by atoms with Gasteiger partial charge in [0.2, 0.25) is 5.60 Å². The highest BCUT2D eigenvalue weighted by Crippen LogP contribution is 2.46. The Morgan fingerprint density at radius 1 is 1.20 bits per heavy atom. The highest BCUT2D eigenvalue weighted by atomic mass is 19.4. The number of methoxy groups -OCH3 is 1. The second-order valence-electron chi connectivity index (χ2n) is 10.0. The Kier molecular flexibility index (Phi) is 8.16. The highest BCUT2D eigenvalue weighted by molar-refractivity contribution is 5.95. The van der Waals surface area contributed by atoms with Gasteiger partial charge in [-0.15, -0.1) is 0 Å². The molecule has 0 bridgehead atoms. The van der Waals surface area contributed by atoms with Gasteiger partial charge in [0.1, 0.15) is 24.7 Å². The van der Waals surface area contributed by atoms with Crippen LogP contribution < -0.4 is 25.3 Å². The minimum atomic E-state index is -5.29. The van der Waals surface area contributed by atoms with Gasteiger partial charge in [-0.05, 0) is 62.4 Å². The molecule has 9 nitrogen and oxygen atoms in total. The fourth-order valence-corrected chi connectivity index (χ4v) is 4.20.